The van der Waals surface area contributed by atoms with Crippen LogP contribution in [-0.2, 0) is 0 Å². The highest BCUT2D eigenvalue weighted by atomic mass is 19.1. The van der Waals surface area contributed by atoms with E-state index in [-0.39, 0.29) is 40.6 Å². The lowest BCUT2D eigenvalue weighted by atomic mass is 9.93. The smallest absolute Gasteiger partial charge is 0.274 e. The van der Waals surface area contributed by atoms with Crippen molar-refractivity contribution >= 4 is 11.6 Å². The lowest BCUT2D eigenvalue weighted by Crippen LogP contribution is -2.53. The highest BCUT2D eigenvalue weighted by Crippen LogP contribution is 2.43. The molecule has 142 valence electrons. The molecule has 0 saturated carbocycles. The summed E-state index contributed by atoms with van der Waals surface area (Å²) in [6, 6.07) is 9.61. The zero-order valence-electron chi connectivity index (χ0n) is 15.5. The van der Waals surface area contributed by atoms with E-state index in [1.807, 2.05) is 17.0 Å². The predicted molar refractivity (Wildman–Crippen MR) is 100 cm³/mol. The van der Waals surface area contributed by atoms with Gasteiger partial charge in [0.15, 0.2) is 0 Å². The van der Waals surface area contributed by atoms with E-state index in [0.29, 0.717) is 6.54 Å². The third-order valence-corrected chi connectivity index (χ3v) is 5.70. The van der Waals surface area contributed by atoms with E-state index in [0.717, 1.165) is 24.9 Å². The van der Waals surface area contributed by atoms with Crippen LogP contribution in [0.15, 0.2) is 41.2 Å². The molecule has 7 heteroatoms. The van der Waals surface area contributed by atoms with Gasteiger partial charge in [-0.1, -0.05) is 0 Å². The van der Waals surface area contributed by atoms with Crippen molar-refractivity contribution in [1.82, 2.24) is 15.1 Å². The summed E-state index contributed by atoms with van der Waals surface area (Å²) >= 11 is 0. The Morgan fingerprint density at radius 3 is 2.59 bits per heavy atom. The Labute approximate surface area is 157 Å². The molecular weight excluding hydrogens is 347 g/mol. The van der Waals surface area contributed by atoms with Crippen molar-refractivity contribution in [3.05, 3.63) is 58.3 Å². The summed E-state index contributed by atoms with van der Waals surface area (Å²) in [7, 11) is 0. The maximum atomic E-state index is 13.4. The molecule has 2 atom stereocenters. The van der Waals surface area contributed by atoms with Gasteiger partial charge in [0, 0.05) is 23.8 Å². The zero-order valence-corrected chi connectivity index (χ0v) is 15.5. The van der Waals surface area contributed by atoms with Gasteiger partial charge in [0.05, 0.1) is 12.1 Å². The molecule has 6 nitrogen and oxygen atoms in total. The van der Waals surface area contributed by atoms with Crippen molar-refractivity contribution < 1.29 is 9.18 Å². The number of amides is 1. The van der Waals surface area contributed by atoms with Gasteiger partial charge in [0.1, 0.15) is 11.5 Å². The number of benzene rings is 1. The molecule has 2 saturated heterocycles. The number of aromatic amines is 1. The highest BCUT2D eigenvalue weighted by Gasteiger charge is 2.50. The van der Waals surface area contributed by atoms with Gasteiger partial charge in [0.2, 0.25) is 0 Å². The Morgan fingerprint density at radius 2 is 1.93 bits per heavy atom. The monoisotopic (exact) mass is 370 g/mol. The number of rotatable bonds is 2. The number of anilines is 1. The van der Waals surface area contributed by atoms with E-state index in [1.165, 1.54) is 24.3 Å². The second kappa shape index (κ2) is 6.48. The summed E-state index contributed by atoms with van der Waals surface area (Å²) in [5, 5.41) is 6.24. The number of nitrogens with one attached hydrogen (secondary N) is 1. The van der Waals surface area contributed by atoms with Crippen LogP contribution in [0, 0.1) is 5.82 Å². The first-order valence-corrected chi connectivity index (χ1v) is 9.28. The maximum absolute atomic E-state index is 13.4. The highest BCUT2D eigenvalue weighted by molar-refractivity contribution is 5.92. The Balaban J connectivity index is 1.65. The Morgan fingerprint density at radius 1 is 1.19 bits per heavy atom. The molecule has 27 heavy (non-hydrogen) atoms. The number of halogens is 1. The number of hydrogen-bond donors (Lipinski definition) is 1. The predicted octanol–water partition coefficient (Wildman–Crippen LogP) is 2.57. The SMILES string of the molecule is CC1(C)C[C@H]2[C@H](CCCN2C(=O)c2ccc(=O)[nH]n2)N1c1ccc(F)cc1. The molecule has 3 heterocycles. The fourth-order valence-electron chi connectivity index (χ4n) is 4.65. The third-order valence-electron chi connectivity index (χ3n) is 5.70. The number of likely N-dealkylation sites (tertiary alicyclic amines) is 1. The van der Waals surface area contributed by atoms with Crippen molar-refractivity contribution in [3.63, 3.8) is 0 Å². The first-order chi connectivity index (χ1) is 12.9. The summed E-state index contributed by atoms with van der Waals surface area (Å²) in [6.45, 7) is 5.00. The van der Waals surface area contributed by atoms with Gasteiger partial charge in [-0.05, 0) is 63.4 Å². The number of piperidine rings is 1. The second-order valence-electron chi connectivity index (χ2n) is 7.94. The Kier molecular flexibility index (Phi) is 4.25. The normalized spacial score (nSPS) is 24.0. The minimum atomic E-state index is -0.326. The van der Waals surface area contributed by atoms with Crippen molar-refractivity contribution in [2.24, 2.45) is 0 Å². The van der Waals surface area contributed by atoms with Crippen LogP contribution in [0.3, 0.4) is 0 Å². The Hall–Kier alpha value is -2.70. The van der Waals surface area contributed by atoms with Crippen LogP contribution >= 0.6 is 0 Å². The van der Waals surface area contributed by atoms with E-state index in [4.69, 9.17) is 0 Å². The fraction of sp³-hybridized carbons (Fsp3) is 0.450. The fourth-order valence-corrected chi connectivity index (χ4v) is 4.65. The lowest BCUT2D eigenvalue weighted by Gasteiger charge is -2.42. The molecule has 1 aromatic carbocycles. The van der Waals surface area contributed by atoms with Crippen molar-refractivity contribution in [1.29, 1.82) is 0 Å². The topological polar surface area (TPSA) is 69.3 Å². The number of aromatic nitrogens is 2. The summed E-state index contributed by atoms with van der Waals surface area (Å²) < 4.78 is 13.4. The molecule has 2 aliphatic heterocycles. The maximum Gasteiger partial charge on any atom is 0.274 e. The quantitative estimate of drug-likeness (QED) is 0.882. The molecule has 0 radical (unpaired) electrons. The minimum Gasteiger partial charge on any atom is -0.361 e. The number of H-pyrrole nitrogens is 1. The molecule has 0 spiro atoms. The number of carbonyl (C=O) groups is 1. The van der Waals surface area contributed by atoms with Gasteiger partial charge in [-0.2, -0.15) is 5.10 Å². The van der Waals surface area contributed by atoms with Crippen LogP contribution < -0.4 is 10.5 Å². The largest absolute Gasteiger partial charge is 0.361 e. The lowest BCUT2D eigenvalue weighted by molar-refractivity contribution is 0.0598. The zero-order chi connectivity index (χ0) is 19.2. The van der Waals surface area contributed by atoms with E-state index < -0.39 is 0 Å². The molecule has 0 bridgehead atoms. The van der Waals surface area contributed by atoms with Gasteiger partial charge in [0.25, 0.3) is 11.5 Å². The molecule has 1 N–H and O–H groups in total. The summed E-state index contributed by atoms with van der Waals surface area (Å²) in [6.07, 6.45) is 2.70. The van der Waals surface area contributed by atoms with Crippen LogP contribution in [0.5, 0.6) is 0 Å². The van der Waals surface area contributed by atoms with Crippen LogP contribution in [0.4, 0.5) is 10.1 Å². The van der Waals surface area contributed by atoms with Gasteiger partial charge in [-0.25, -0.2) is 9.49 Å². The van der Waals surface area contributed by atoms with E-state index in [1.54, 1.807) is 0 Å². The molecule has 2 aromatic rings. The summed E-state index contributed by atoms with van der Waals surface area (Å²) in [5.74, 6) is -0.408. The average molecular weight is 370 g/mol. The van der Waals surface area contributed by atoms with Crippen LogP contribution in [0.25, 0.3) is 0 Å². The van der Waals surface area contributed by atoms with Crippen molar-refractivity contribution in [2.75, 3.05) is 11.4 Å². The third kappa shape index (κ3) is 3.11. The van der Waals surface area contributed by atoms with E-state index in [2.05, 4.69) is 28.9 Å². The van der Waals surface area contributed by atoms with Crippen molar-refractivity contribution in [2.45, 2.75) is 50.7 Å². The number of nitrogens with zero attached hydrogens (tertiary/aromatic N) is 3. The Bertz CT molecular complexity index is 888. The molecule has 1 aromatic heterocycles. The van der Waals surface area contributed by atoms with Gasteiger partial charge in [-0.15, -0.1) is 0 Å². The van der Waals surface area contributed by atoms with Crippen LogP contribution in [0.2, 0.25) is 0 Å². The van der Waals surface area contributed by atoms with Gasteiger partial charge < -0.3 is 9.80 Å². The number of fused-ring (bicyclic) bond motifs is 1. The van der Waals surface area contributed by atoms with E-state index >= 15 is 0 Å². The molecular formula is C20H23FN4O2. The average Bonchev–Trinajstić information content (AvgIpc) is 2.92. The minimum absolute atomic E-state index is 0.0556. The molecule has 4 rings (SSSR count). The second-order valence-corrected chi connectivity index (χ2v) is 7.94. The molecule has 2 fully saturated rings. The standard InChI is InChI=1S/C20H23FN4O2/c1-20(2)12-17-16(25(20)14-7-5-13(21)6-8-14)4-3-11-24(17)19(27)15-9-10-18(26)23-22-15/h5-10,16-17H,3-4,11-12H2,1-2H3,(H,23,26)/t16-,17-/m0/s1. The molecule has 1 amide bonds. The van der Waals surface area contributed by atoms with Crippen LogP contribution in [-0.4, -0.2) is 45.2 Å². The first-order valence-electron chi connectivity index (χ1n) is 9.28. The first kappa shape index (κ1) is 17.7. The summed E-state index contributed by atoms with van der Waals surface area (Å²) in [5.41, 5.74) is 0.750. The summed E-state index contributed by atoms with van der Waals surface area (Å²) in [4.78, 5) is 28.5. The molecule has 0 unspecified atom stereocenters. The number of carbonyl (C=O) groups excluding carboxylic acids is 1. The van der Waals surface area contributed by atoms with Gasteiger partial charge >= 0.3 is 0 Å². The van der Waals surface area contributed by atoms with Gasteiger partial charge in [-0.3, -0.25) is 9.59 Å². The molecule has 2 aliphatic rings. The van der Waals surface area contributed by atoms with Crippen LogP contribution in [0.1, 0.15) is 43.6 Å². The van der Waals surface area contributed by atoms with E-state index in [9.17, 15) is 14.0 Å². The van der Waals surface area contributed by atoms with Crippen molar-refractivity contribution in [3.8, 4) is 0 Å². The number of hydrogen-bond acceptors (Lipinski definition) is 4. The molecule has 0 aliphatic carbocycles.